The highest BCUT2D eigenvalue weighted by Crippen LogP contribution is 1.72. The van der Waals surface area contributed by atoms with Crippen molar-refractivity contribution in [1.29, 1.82) is 0 Å². The third kappa shape index (κ3) is 6.79. The molecule has 5 heteroatoms. The van der Waals surface area contributed by atoms with Gasteiger partial charge in [-0.25, -0.2) is 0 Å². The van der Waals surface area contributed by atoms with E-state index in [1.165, 1.54) is 0 Å². The molecule has 0 aromatic heterocycles. The molecular formula is C6H13N3O2. The van der Waals surface area contributed by atoms with E-state index < -0.39 is 5.91 Å². The normalized spacial score (nSPS) is 9.73. The van der Waals surface area contributed by atoms with Crippen LogP contribution in [0.3, 0.4) is 0 Å². The van der Waals surface area contributed by atoms with Gasteiger partial charge in [0.25, 0.3) is 0 Å². The number of hydrogen-bond acceptors (Lipinski definition) is 3. The average Bonchev–Trinajstić information content (AvgIpc) is 1.82. The molecule has 0 spiro atoms. The first-order chi connectivity index (χ1) is 5.02. The summed E-state index contributed by atoms with van der Waals surface area (Å²) in [6.45, 7) is 0.181. The standard InChI is InChI=1S/C6H13N3O2/c1-9(2)4-6(11)8-3-5(7)10/h3-4H2,1-2H3,(H2,7,10)(H,8,11). The van der Waals surface area contributed by atoms with Crippen molar-refractivity contribution < 1.29 is 9.59 Å². The number of hydrogen-bond donors (Lipinski definition) is 2. The van der Waals surface area contributed by atoms with E-state index in [9.17, 15) is 9.59 Å². The molecule has 0 bridgehead atoms. The van der Waals surface area contributed by atoms with Crippen LogP contribution in [0.5, 0.6) is 0 Å². The second-order valence-electron chi connectivity index (χ2n) is 2.48. The monoisotopic (exact) mass is 159 g/mol. The lowest BCUT2D eigenvalue weighted by Crippen LogP contribution is -2.38. The molecule has 0 aromatic rings. The number of rotatable bonds is 4. The van der Waals surface area contributed by atoms with Gasteiger partial charge in [0.05, 0.1) is 13.1 Å². The number of nitrogens with two attached hydrogens (primary N) is 1. The van der Waals surface area contributed by atoms with Gasteiger partial charge < -0.3 is 16.0 Å². The lowest BCUT2D eigenvalue weighted by Gasteiger charge is -2.08. The van der Waals surface area contributed by atoms with E-state index in [4.69, 9.17) is 5.73 Å². The smallest absolute Gasteiger partial charge is 0.236 e. The van der Waals surface area contributed by atoms with E-state index in [2.05, 4.69) is 5.32 Å². The van der Waals surface area contributed by atoms with Crippen LogP contribution in [0.1, 0.15) is 0 Å². The summed E-state index contributed by atoms with van der Waals surface area (Å²) in [6.07, 6.45) is 0. The van der Waals surface area contributed by atoms with Crippen LogP contribution in [0, 0.1) is 0 Å². The van der Waals surface area contributed by atoms with Crippen molar-refractivity contribution in [2.75, 3.05) is 27.2 Å². The van der Waals surface area contributed by atoms with E-state index in [1.807, 2.05) is 0 Å². The maximum absolute atomic E-state index is 10.8. The molecule has 5 nitrogen and oxygen atoms in total. The van der Waals surface area contributed by atoms with Crippen LogP contribution in [-0.2, 0) is 9.59 Å². The minimum absolute atomic E-state index is 0.0906. The number of nitrogens with zero attached hydrogens (tertiary/aromatic N) is 1. The van der Waals surface area contributed by atoms with Gasteiger partial charge in [-0.2, -0.15) is 0 Å². The first-order valence-corrected chi connectivity index (χ1v) is 3.22. The Morgan fingerprint density at radius 1 is 1.45 bits per heavy atom. The van der Waals surface area contributed by atoms with E-state index >= 15 is 0 Å². The summed E-state index contributed by atoms with van der Waals surface area (Å²) in [4.78, 5) is 22.7. The Morgan fingerprint density at radius 2 is 2.00 bits per heavy atom. The lowest BCUT2D eigenvalue weighted by atomic mass is 10.5. The van der Waals surface area contributed by atoms with Crippen LogP contribution in [0.4, 0.5) is 0 Å². The summed E-state index contributed by atoms with van der Waals surface area (Å²) in [6, 6.07) is 0. The largest absolute Gasteiger partial charge is 0.368 e. The molecule has 0 aliphatic heterocycles. The van der Waals surface area contributed by atoms with Gasteiger partial charge in [0, 0.05) is 0 Å². The van der Waals surface area contributed by atoms with Gasteiger partial charge in [-0.15, -0.1) is 0 Å². The Labute approximate surface area is 65.5 Å². The van der Waals surface area contributed by atoms with Crippen LogP contribution >= 0.6 is 0 Å². The van der Waals surface area contributed by atoms with Crippen molar-refractivity contribution in [3.8, 4) is 0 Å². The molecule has 0 saturated heterocycles. The average molecular weight is 159 g/mol. The number of likely N-dealkylation sites (N-methyl/N-ethyl adjacent to an activating group) is 1. The highest BCUT2D eigenvalue weighted by molar-refractivity contribution is 5.84. The van der Waals surface area contributed by atoms with E-state index in [0.717, 1.165) is 0 Å². The topological polar surface area (TPSA) is 75.4 Å². The van der Waals surface area contributed by atoms with Crippen LogP contribution in [0.2, 0.25) is 0 Å². The van der Waals surface area contributed by atoms with Gasteiger partial charge in [-0.3, -0.25) is 9.59 Å². The molecule has 64 valence electrons. The number of nitrogens with one attached hydrogen (secondary N) is 1. The molecule has 0 aliphatic rings. The molecule has 0 saturated carbocycles. The number of carbonyl (C=O) groups excluding carboxylic acids is 2. The molecule has 0 aromatic carbocycles. The van der Waals surface area contributed by atoms with Crippen LogP contribution < -0.4 is 11.1 Å². The minimum atomic E-state index is -0.530. The Bertz CT molecular complexity index is 156. The van der Waals surface area contributed by atoms with Crippen molar-refractivity contribution in [2.45, 2.75) is 0 Å². The second kappa shape index (κ2) is 4.68. The van der Waals surface area contributed by atoms with E-state index in [-0.39, 0.29) is 19.0 Å². The molecule has 0 aliphatic carbocycles. The maximum atomic E-state index is 10.8. The Kier molecular flexibility index (Phi) is 4.21. The van der Waals surface area contributed by atoms with Gasteiger partial charge in [-0.1, -0.05) is 0 Å². The highest BCUT2D eigenvalue weighted by Gasteiger charge is 2.02. The Hall–Kier alpha value is -1.10. The molecule has 0 fully saturated rings. The van der Waals surface area contributed by atoms with E-state index in [0.29, 0.717) is 0 Å². The molecule has 3 N–H and O–H groups in total. The molecule has 0 radical (unpaired) electrons. The first kappa shape index (κ1) is 9.90. The van der Waals surface area contributed by atoms with Crippen LogP contribution in [-0.4, -0.2) is 43.9 Å². The first-order valence-electron chi connectivity index (χ1n) is 3.22. The van der Waals surface area contributed by atoms with Crippen molar-refractivity contribution in [2.24, 2.45) is 5.73 Å². The molecule has 11 heavy (non-hydrogen) atoms. The maximum Gasteiger partial charge on any atom is 0.236 e. The van der Waals surface area contributed by atoms with Gasteiger partial charge in [0.1, 0.15) is 0 Å². The Balaban J connectivity index is 3.45. The minimum Gasteiger partial charge on any atom is -0.368 e. The molecule has 2 amide bonds. The lowest BCUT2D eigenvalue weighted by molar-refractivity contribution is -0.125. The Morgan fingerprint density at radius 3 is 2.36 bits per heavy atom. The molecule has 0 heterocycles. The van der Waals surface area contributed by atoms with Gasteiger partial charge >= 0.3 is 0 Å². The summed E-state index contributed by atoms with van der Waals surface area (Å²) >= 11 is 0. The summed E-state index contributed by atoms with van der Waals surface area (Å²) < 4.78 is 0. The van der Waals surface area contributed by atoms with E-state index in [1.54, 1.807) is 19.0 Å². The molecular weight excluding hydrogens is 146 g/mol. The third-order valence-electron chi connectivity index (χ3n) is 0.920. The van der Waals surface area contributed by atoms with Gasteiger partial charge in [0.15, 0.2) is 0 Å². The van der Waals surface area contributed by atoms with Crippen molar-refractivity contribution >= 4 is 11.8 Å². The molecule has 0 rings (SSSR count). The molecule has 0 atom stereocenters. The summed E-state index contributed by atoms with van der Waals surface area (Å²) in [5.74, 6) is -0.731. The zero-order chi connectivity index (χ0) is 8.85. The van der Waals surface area contributed by atoms with Crippen molar-refractivity contribution in [3.05, 3.63) is 0 Å². The summed E-state index contributed by atoms with van der Waals surface area (Å²) in [5.41, 5.74) is 4.80. The quantitative estimate of drug-likeness (QED) is 0.505. The van der Waals surface area contributed by atoms with Crippen LogP contribution in [0.25, 0.3) is 0 Å². The van der Waals surface area contributed by atoms with Gasteiger partial charge in [-0.05, 0) is 14.1 Å². The predicted octanol–water partition coefficient (Wildman–Crippen LogP) is -1.85. The predicted molar refractivity (Wildman–Crippen MR) is 40.8 cm³/mol. The second-order valence-corrected chi connectivity index (χ2v) is 2.48. The zero-order valence-electron chi connectivity index (χ0n) is 6.76. The number of primary amides is 1. The fourth-order valence-corrected chi connectivity index (χ4v) is 0.529. The van der Waals surface area contributed by atoms with Crippen molar-refractivity contribution in [3.63, 3.8) is 0 Å². The van der Waals surface area contributed by atoms with Crippen molar-refractivity contribution in [1.82, 2.24) is 10.2 Å². The summed E-state index contributed by atoms with van der Waals surface area (Å²) in [7, 11) is 3.54. The number of carbonyl (C=O) groups is 2. The van der Waals surface area contributed by atoms with Gasteiger partial charge in [0.2, 0.25) is 11.8 Å². The SMILES string of the molecule is CN(C)CC(=O)NCC(N)=O. The molecule has 0 unspecified atom stereocenters. The number of amides is 2. The summed E-state index contributed by atoms with van der Waals surface area (Å²) in [5, 5.41) is 2.36. The van der Waals surface area contributed by atoms with Crippen LogP contribution in [0.15, 0.2) is 0 Å². The highest BCUT2D eigenvalue weighted by atomic mass is 16.2. The fraction of sp³-hybridized carbons (Fsp3) is 0.667. The fourth-order valence-electron chi connectivity index (χ4n) is 0.529. The third-order valence-corrected chi connectivity index (χ3v) is 0.920. The zero-order valence-corrected chi connectivity index (χ0v) is 6.76.